The minimum absolute atomic E-state index is 0.00295. The number of carbonyl (C=O) groups excluding carboxylic acids is 6. The number of likely N-dealkylation sites (tertiary alicyclic amines) is 3. The lowest BCUT2D eigenvalue weighted by Gasteiger charge is -2.64. The summed E-state index contributed by atoms with van der Waals surface area (Å²) in [4.78, 5) is 79.3. The van der Waals surface area contributed by atoms with Crippen LogP contribution in [0.4, 0.5) is 0 Å². The summed E-state index contributed by atoms with van der Waals surface area (Å²) >= 11 is 0. The molecule has 3 saturated heterocycles. The Morgan fingerprint density at radius 1 is 0.424 bits per heavy atom. The molecule has 6 bridgehead atoms. The van der Waals surface area contributed by atoms with Crippen molar-refractivity contribution in [1.29, 1.82) is 0 Å². The number of hydrogen-bond acceptors (Lipinski definition) is 21. The Morgan fingerprint density at radius 3 is 0.949 bits per heavy atom. The Morgan fingerprint density at radius 2 is 0.697 bits per heavy atom. The van der Waals surface area contributed by atoms with Crippen molar-refractivity contribution in [3.63, 3.8) is 0 Å². The number of esters is 3. The topological polar surface area (TPSA) is 325 Å². The normalized spacial score (nSPS) is 36.2. The molecule has 9 aliphatic carbocycles. The van der Waals surface area contributed by atoms with Crippen molar-refractivity contribution in [2.75, 3.05) is 60.6 Å². The van der Waals surface area contributed by atoms with Crippen LogP contribution in [0.25, 0.3) is 0 Å². The molecular weight excluding hydrogens is 1270 g/mol. The number of piperidine rings is 3. The lowest BCUT2D eigenvalue weighted by molar-refractivity contribution is -0.192. The van der Waals surface area contributed by atoms with Crippen LogP contribution < -0.4 is 30.2 Å². The molecule has 18 rings (SSSR count). The largest absolute Gasteiger partial charge is 0.504 e. The van der Waals surface area contributed by atoms with Gasteiger partial charge in [0.05, 0.1) is 72.5 Å². The number of methoxy groups -OCH3 is 3. The van der Waals surface area contributed by atoms with Gasteiger partial charge in [-0.1, -0.05) is 18.2 Å². The Balaban J connectivity index is 0.000000116. The molecule has 3 spiro atoms. The molecule has 3 aromatic carbocycles. The number of rotatable bonds is 15. The molecule has 528 valence electrons. The van der Waals surface area contributed by atoms with E-state index in [0.29, 0.717) is 75.0 Å². The molecule has 0 unspecified atom stereocenters. The molecule has 6 heterocycles. The molecule has 0 aromatic heterocycles. The highest BCUT2D eigenvalue weighted by molar-refractivity contribution is 5.96. The quantitative estimate of drug-likeness (QED) is 0.0597. The number of benzene rings is 3. The van der Waals surface area contributed by atoms with E-state index in [1.54, 1.807) is 18.2 Å². The first-order valence-electron chi connectivity index (χ1n) is 35.8. The molecular formula is C75H90N6O18. The second-order valence-corrected chi connectivity index (χ2v) is 30.9. The van der Waals surface area contributed by atoms with E-state index >= 15 is 0 Å². The highest BCUT2D eigenvalue weighted by Crippen LogP contribution is 2.69. The van der Waals surface area contributed by atoms with E-state index in [1.807, 2.05) is 18.2 Å². The SMILES string of the molecule is COC(=O)/C=C/C(=O)N[C@@H]1CC[C@@]2(O)[C@H]3Cc4ccc(O)c5c4[C@@]2(CCN3CC2CC2)[C@H]1O5.COC(=O)/C=C/C(=O)N[C@@H]1CC[C@@]2(O)[C@H]3Cc4ccc(O)c5c4[C@@]2(CCN3CC2CC2)[C@H]1O5.COC(=O)/C=C/C(=O)N[C@@H]1CC[C@@]2(O)[C@H]3Cc4ccc(O)c5c4[C@@]2(CCN3CC2CC2)[C@H]1O5. The Bertz CT molecular complexity index is 3550. The van der Waals surface area contributed by atoms with Gasteiger partial charge in [0.25, 0.3) is 0 Å². The summed E-state index contributed by atoms with van der Waals surface area (Å²) in [6, 6.07) is 9.88. The summed E-state index contributed by atoms with van der Waals surface area (Å²) < 4.78 is 32.9. The fourth-order valence-electron chi connectivity index (χ4n) is 21.2. The molecule has 6 saturated carbocycles. The van der Waals surface area contributed by atoms with Gasteiger partial charge >= 0.3 is 17.9 Å². The van der Waals surface area contributed by atoms with Crippen molar-refractivity contribution in [3.05, 3.63) is 106 Å². The van der Waals surface area contributed by atoms with E-state index in [0.717, 1.165) is 146 Å². The van der Waals surface area contributed by atoms with Gasteiger partial charge in [-0.2, -0.15) is 0 Å². The molecule has 9 fully saturated rings. The standard InChI is InChI=1S/3C25H30N2O6/c3*1-32-20(30)7-6-19(29)26-16-8-9-25(31)18-12-15-4-5-17(28)22-21(15)24(25,23(16)33-22)10-11-27(18)13-14-2-3-14/h3*4-7,14,16,18,23,28,31H,2-3,8-13H2,1H3,(H,26,29)/b3*7-6+/t3*16-,18-,23+,24+,25-/m111/s1. The molecule has 24 nitrogen and oxygen atoms in total. The van der Waals surface area contributed by atoms with Crippen LogP contribution in [0.15, 0.2) is 72.9 Å². The third-order valence-electron chi connectivity index (χ3n) is 26.0. The molecule has 3 amide bonds. The summed E-state index contributed by atoms with van der Waals surface area (Å²) in [5.41, 5.74) is 1.17. The first kappa shape index (κ1) is 65.8. The summed E-state index contributed by atoms with van der Waals surface area (Å²) in [6.45, 7) is 5.65. The Kier molecular flexibility index (Phi) is 16.1. The van der Waals surface area contributed by atoms with Crippen molar-refractivity contribution in [2.45, 2.75) is 203 Å². The van der Waals surface area contributed by atoms with Crippen molar-refractivity contribution < 1.29 is 87.8 Å². The third kappa shape index (κ3) is 10.2. The van der Waals surface area contributed by atoms with E-state index in [9.17, 15) is 59.4 Å². The van der Waals surface area contributed by atoms with Crippen LogP contribution in [0.2, 0.25) is 0 Å². The highest BCUT2D eigenvalue weighted by Gasteiger charge is 2.76. The van der Waals surface area contributed by atoms with Crippen LogP contribution >= 0.6 is 0 Å². The third-order valence-corrected chi connectivity index (χ3v) is 26.0. The molecule has 15 aliphatic rings. The van der Waals surface area contributed by atoms with Crippen LogP contribution in [-0.2, 0) is 78.5 Å². The number of phenolic OH excluding ortho intramolecular Hbond substituents is 3. The van der Waals surface area contributed by atoms with E-state index in [4.69, 9.17) is 14.2 Å². The maximum Gasteiger partial charge on any atom is 0.330 e. The van der Waals surface area contributed by atoms with Gasteiger partial charge in [0.1, 0.15) is 18.3 Å². The van der Waals surface area contributed by atoms with Gasteiger partial charge in [-0.25, -0.2) is 14.4 Å². The number of hydrogen-bond donors (Lipinski definition) is 9. The van der Waals surface area contributed by atoms with Crippen molar-refractivity contribution in [2.24, 2.45) is 17.8 Å². The van der Waals surface area contributed by atoms with Gasteiger partial charge in [0.2, 0.25) is 17.7 Å². The first-order valence-corrected chi connectivity index (χ1v) is 35.8. The number of nitrogens with one attached hydrogen (secondary N) is 3. The smallest absolute Gasteiger partial charge is 0.330 e. The zero-order chi connectivity index (χ0) is 68.9. The summed E-state index contributed by atoms with van der Waals surface area (Å²) in [6.07, 6.45) is 20.5. The zero-order valence-corrected chi connectivity index (χ0v) is 56.3. The summed E-state index contributed by atoms with van der Waals surface area (Å²) in [5.74, 6) is 0.769. The number of carbonyl (C=O) groups is 6. The highest BCUT2D eigenvalue weighted by atomic mass is 16.5. The molecule has 24 heteroatoms. The molecule has 0 radical (unpaired) electrons. The molecule has 6 aliphatic heterocycles. The number of aromatic hydroxyl groups is 3. The fourth-order valence-corrected chi connectivity index (χ4v) is 21.2. The number of nitrogens with zero attached hydrogens (tertiary/aromatic N) is 3. The van der Waals surface area contributed by atoms with Gasteiger partial charge in [-0.3, -0.25) is 29.1 Å². The maximum atomic E-state index is 12.6. The number of phenols is 3. The van der Waals surface area contributed by atoms with Crippen LogP contribution in [0.1, 0.15) is 130 Å². The molecule has 9 N–H and O–H groups in total. The van der Waals surface area contributed by atoms with Gasteiger partial charge in [-0.15, -0.1) is 0 Å². The van der Waals surface area contributed by atoms with Crippen molar-refractivity contribution in [3.8, 4) is 34.5 Å². The van der Waals surface area contributed by atoms with E-state index < -0.39 is 87.0 Å². The Hall–Kier alpha value is -7.74. The predicted octanol–water partition coefficient (Wildman–Crippen LogP) is 3.51. The monoisotopic (exact) mass is 1360 g/mol. The molecule has 99 heavy (non-hydrogen) atoms. The lowest BCUT2D eigenvalue weighted by atomic mass is 9.48. The average molecular weight is 1360 g/mol. The summed E-state index contributed by atoms with van der Waals surface area (Å²) in [7, 11) is 3.78. The number of aliphatic hydroxyl groups is 3. The van der Waals surface area contributed by atoms with Gasteiger partial charge < -0.3 is 75.0 Å². The van der Waals surface area contributed by atoms with Gasteiger partial charge in [0.15, 0.2) is 34.5 Å². The van der Waals surface area contributed by atoms with Crippen LogP contribution in [0.5, 0.6) is 34.5 Å². The van der Waals surface area contributed by atoms with Crippen LogP contribution in [0.3, 0.4) is 0 Å². The minimum Gasteiger partial charge on any atom is -0.504 e. The van der Waals surface area contributed by atoms with E-state index in [2.05, 4.69) is 44.9 Å². The second-order valence-electron chi connectivity index (χ2n) is 30.9. The van der Waals surface area contributed by atoms with Gasteiger partial charge in [-0.05, 0) is 188 Å². The maximum absolute atomic E-state index is 12.6. The predicted molar refractivity (Wildman–Crippen MR) is 354 cm³/mol. The lowest BCUT2D eigenvalue weighted by Crippen LogP contribution is -2.78. The molecule has 3 aromatic rings. The molecule has 15 atom stereocenters. The fraction of sp³-hybridized carbons (Fsp3) is 0.600. The van der Waals surface area contributed by atoms with E-state index in [-0.39, 0.29) is 53.5 Å². The van der Waals surface area contributed by atoms with Crippen LogP contribution in [-0.4, -0.2) is 213 Å². The first-order chi connectivity index (χ1) is 47.6. The van der Waals surface area contributed by atoms with Crippen molar-refractivity contribution in [1.82, 2.24) is 30.7 Å². The summed E-state index contributed by atoms with van der Waals surface area (Å²) in [5, 5.41) is 78.0. The van der Waals surface area contributed by atoms with E-state index in [1.165, 1.54) is 59.9 Å². The number of amides is 3. The van der Waals surface area contributed by atoms with Crippen LogP contribution in [0, 0.1) is 17.8 Å². The second kappa shape index (κ2) is 24.2. The van der Waals surface area contributed by atoms with Crippen molar-refractivity contribution >= 4 is 35.6 Å². The zero-order valence-electron chi connectivity index (χ0n) is 56.3. The average Bonchev–Trinajstić information content (AvgIpc) is 1.61. The Labute approximate surface area is 574 Å². The minimum atomic E-state index is -0.986. The number of ether oxygens (including phenoxy) is 6. The van der Waals surface area contributed by atoms with Gasteiger partial charge in [0, 0.05) is 90.9 Å².